The molecule has 0 spiro atoms. The van der Waals surface area contributed by atoms with Gasteiger partial charge in [0.25, 0.3) is 0 Å². The zero-order valence-corrected chi connectivity index (χ0v) is 16.4. The number of rotatable bonds is 5. The van der Waals surface area contributed by atoms with Gasteiger partial charge in [-0.3, -0.25) is 9.59 Å². The fraction of sp³-hybridized carbons (Fsp3) is 0.211. The monoisotopic (exact) mass is 415 g/mol. The summed E-state index contributed by atoms with van der Waals surface area (Å²) in [7, 11) is -3.69. The van der Waals surface area contributed by atoms with Crippen LogP contribution >= 0.6 is 11.8 Å². The molecule has 0 saturated carbocycles. The van der Waals surface area contributed by atoms with Gasteiger partial charge in [0, 0.05) is 29.2 Å². The molecule has 0 aromatic heterocycles. The van der Waals surface area contributed by atoms with Crippen molar-refractivity contribution < 1.29 is 18.0 Å². The largest absolute Gasteiger partial charge is 0.326 e. The van der Waals surface area contributed by atoms with E-state index in [0.717, 1.165) is 4.90 Å². The number of fused-ring (bicyclic) bond motifs is 1. The molecule has 2 aromatic rings. The molecule has 3 rings (SSSR count). The van der Waals surface area contributed by atoms with E-state index in [2.05, 4.69) is 10.6 Å². The van der Waals surface area contributed by atoms with E-state index in [9.17, 15) is 18.0 Å². The quantitative estimate of drug-likeness (QED) is 0.776. The Morgan fingerprint density at radius 1 is 1.21 bits per heavy atom. The van der Waals surface area contributed by atoms with Crippen molar-refractivity contribution in [2.75, 3.05) is 22.1 Å². The molecule has 0 atom stereocenters. The number of hydrogen-bond acceptors (Lipinski definition) is 6. The number of anilines is 2. The second kappa shape index (κ2) is 8.46. The predicted octanol–water partition coefficient (Wildman–Crippen LogP) is 2.80. The van der Waals surface area contributed by atoms with Crippen LogP contribution in [-0.2, 0) is 19.4 Å². The molecular weight excluding hydrogens is 398 g/mol. The summed E-state index contributed by atoms with van der Waals surface area (Å²) in [5.74, 6) is -0.301. The molecule has 0 fully saturated rings. The van der Waals surface area contributed by atoms with Gasteiger partial charge in [-0.15, -0.1) is 11.8 Å². The molecule has 0 saturated heterocycles. The van der Waals surface area contributed by atoms with Gasteiger partial charge in [-0.05, 0) is 42.5 Å². The highest BCUT2D eigenvalue weighted by Gasteiger charge is 2.20. The van der Waals surface area contributed by atoms with Crippen LogP contribution in [0, 0.1) is 11.3 Å². The first-order valence-electron chi connectivity index (χ1n) is 8.47. The average Bonchev–Trinajstić information content (AvgIpc) is 2.87. The van der Waals surface area contributed by atoms with Crippen molar-refractivity contribution in [2.45, 2.75) is 22.6 Å². The van der Waals surface area contributed by atoms with Crippen molar-refractivity contribution in [1.82, 2.24) is 0 Å². The van der Waals surface area contributed by atoms with E-state index in [1.807, 2.05) is 6.07 Å². The third-order valence-corrected chi connectivity index (χ3v) is 6.86. The van der Waals surface area contributed by atoms with Crippen molar-refractivity contribution >= 4 is 44.8 Å². The lowest BCUT2D eigenvalue weighted by Gasteiger charge is -2.10. The first-order valence-corrected chi connectivity index (χ1v) is 11.1. The number of carbonyl (C=O) groups excluding carboxylic acids is 2. The molecule has 7 nitrogen and oxygen atoms in total. The van der Waals surface area contributed by atoms with Crippen LogP contribution in [0.25, 0.3) is 0 Å². The summed E-state index contributed by atoms with van der Waals surface area (Å²) in [6.45, 7) is 0. The number of carbonyl (C=O) groups is 2. The minimum Gasteiger partial charge on any atom is -0.326 e. The molecule has 28 heavy (non-hydrogen) atoms. The van der Waals surface area contributed by atoms with Gasteiger partial charge >= 0.3 is 0 Å². The molecule has 2 amide bonds. The number of nitrogens with zero attached hydrogens (tertiary/aromatic N) is 1. The van der Waals surface area contributed by atoms with Gasteiger partial charge in [-0.1, -0.05) is 0 Å². The summed E-state index contributed by atoms with van der Waals surface area (Å²) in [6, 6.07) is 12.9. The number of nitrogens with one attached hydrogen (secondary N) is 2. The zero-order valence-electron chi connectivity index (χ0n) is 14.8. The second-order valence-electron chi connectivity index (χ2n) is 6.11. The number of amides is 2. The zero-order chi connectivity index (χ0) is 20.1. The highest BCUT2D eigenvalue weighted by atomic mass is 32.2. The first-order chi connectivity index (χ1) is 13.4. The normalized spacial score (nSPS) is 13.6. The molecule has 2 aromatic carbocycles. The Morgan fingerprint density at radius 2 is 1.96 bits per heavy atom. The van der Waals surface area contributed by atoms with Crippen LogP contribution in [0.4, 0.5) is 11.4 Å². The van der Waals surface area contributed by atoms with Crippen LogP contribution in [0.5, 0.6) is 0 Å². The minimum atomic E-state index is -3.69. The molecule has 144 valence electrons. The summed E-state index contributed by atoms with van der Waals surface area (Å²) in [5.41, 5.74) is 1.44. The highest BCUT2D eigenvalue weighted by molar-refractivity contribution is 7.99. The second-order valence-corrected chi connectivity index (χ2v) is 9.36. The maximum absolute atomic E-state index is 12.6. The van der Waals surface area contributed by atoms with E-state index in [4.69, 9.17) is 5.26 Å². The number of hydrogen-bond donors (Lipinski definition) is 2. The third-order valence-electron chi connectivity index (χ3n) is 4.07. The standard InChI is InChI=1S/C19H17N3O4S2/c20-12-13-1-3-14(4-2-13)21-19(24)8-10-28(25,26)15-5-6-17-16(11-15)22-18(23)7-9-27-17/h1-6,11H,7-10H2,(H,21,24)(H,22,23). The number of benzene rings is 2. The lowest BCUT2D eigenvalue weighted by molar-refractivity contribution is -0.116. The van der Waals surface area contributed by atoms with Gasteiger partial charge in [0.2, 0.25) is 11.8 Å². The third kappa shape index (κ3) is 4.91. The lowest BCUT2D eigenvalue weighted by atomic mass is 10.2. The minimum absolute atomic E-state index is 0.0697. The van der Waals surface area contributed by atoms with Crippen LogP contribution in [-0.4, -0.2) is 31.7 Å². The molecule has 0 radical (unpaired) electrons. The Morgan fingerprint density at radius 3 is 2.68 bits per heavy atom. The summed E-state index contributed by atoms with van der Waals surface area (Å²) in [4.78, 5) is 24.6. The molecular formula is C19H17N3O4S2. The number of nitriles is 1. The Balaban J connectivity index is 1.65. The van der Waals surface area contributed by atoms with Crippen LogP contribution in [0.3, 0.4) is 0 Å². The molecule has 1 heterocycles. The molecule has 9 heteroatoms. The molecule has 0 bridgehead atoms. The molecule has 1 aliphatic heterocycles. The summed E-state index contributed by atoms with van der Waals surface area (Å²) in [6.07, 6.45) is 0.164. The predicted molar refractivity (Wildman–Crippen MR) is 107 cm³/mol. The summed E-state index contributed by atoms with van der Waals surface area (Å²) in [5, 5.41) is 14.1. The Labute approximate surface area is 167 Å². The van der Waals surface area contributed by atoms with E-state index in [1.165, 1.54) is 23.9 Å². The summed E-state index contributed by atoms with van der Waals surface area (Å²) >= 11 is 1.49. The van der Waals surface area contributed by atoms with Gasteiger partial charge in [0.1, 0.15) is 0 Å². The Kier molecular flexibility index (Phi) is 6.02. The SMILES string of the molecule is N#Cc1ccc(NC(=O)CCS(=O)(=O)c2ccc3c(c2)NC(=O)CCS3)cc1. The van der Waals surface area contributed by atoms with Gasteiger partial charge in [-0.25, -0.2) is 8.42 Å². The van der Waals surface area contributed by atoms with E-state index in [0.29, 0.717) is 29.1 Å². The van der Waals surface area contributed by atoms with Crippen LogP contribution < -0.4 is 10.6 Å². The van der Waals surface area contributed by atoms with Crippen molar-refractivity contribution in [3.63, 3.8) is 0 Å². The number of sulfone groups is 1. The van der Waals surface area contributed by atoms with E-state index < -0.39 is 15.7 Å². The fourth-order valence-electron chi connectivity index (χ4n) is 2.59. The smallest absolute Gasteiger partial charge is 0.225 e. The molecule has 1 aliphatic rings. The van der Waals surface area contributed by atoms with Crippen LogP contribution in [0.2, 0.25) is 0 Å². The maximum atomic E-state index is 12.6. The van der Waals surface area contributed by atoms with Crippen molar-refractivity contribution in [1.29, 1.82) is 5.26 Å². The molecule has 0 aliphatic carbocycles. The van der Waals surface area contributed by atoms with Crippen molar-refractivity contribution in [3.05, 3.63) is 48.0 Å². The lowest BCUT2D eigenvalue weighted by Crippen LogP contribution is -2.17. The Hall–Kier alpha value is -2.83. The maximum Gasteiger partial charge on any atom is 0.225 e. The number of thioether (sulfide) groups is 1. The van der Waals surface area contributed by atoms with Gasteiger partial charge in [-0.2, -0.15) is 5.26 Å². The Bertz CT molecular complexity index is 1060. The first kappa shape index (κ1) is 19.9. The van der Waals surface area contributed by atoms with E-state index in [-0.39, 0.29) is 23.0 Å². The van der Waals surface area contributed by atoms with Gasteiger partial charge in [0.05, 0.1) is 28.0 Å². The van der Waals surface area contributed by atoms with Crippen molar-refractivity contribution in [3.8, 4) is 6.07 Å². The fourth-order valence-corrected chi connectivity index (χ4v) is 4.79. The van der Waals surface area contributed by atoms with Crippen molar-refractivity contribution in [2.24, 2.45) is 0 Å². The van der Waals surface area contributed by atoms with E-state index >= 15 is 0 Å². The molecule has 0 unspecified atom stereocenters. The van der Waals surface area contributed by atoms with Crippen LogP contribution in [0.1, 0.15) is 18.4 Å². The van der Waals surface area contributed by atoms with Crippen LogP contribution in [0.15, 0.2) is 52.3 Å². The average molecular weight is 415 g/mol. The van der Waals surface area contributed by atoms with Gasteiger partial charge < -0.3 is 10.6 Å². The van der Waals surface area contributed by atoms with E-state index in [1.54, 1.807) is 30.3 Å². The highest BCUT2D eigenvalue weighted by Crippen LogP contribution is 2.32. The summed E-state index contributed by atoms with van der Waals surface area (Å²) < 4.78 is 25.2. The topological polar surface area (TPSA) is 116 Å². The molecule has 2 N–H and O–H groups in total. The van der Waals surface area contributed by atoms with Gasteiger partial charge in [0.15, 0.2) is 9.84 Å².